The molecule has 0 unspecified atom stereocenters. The van der Waals surface area contributed by atoms with Crippen LogP contribution in [0.25, 0.3) is 11.1 Å². The van der Waals surface area contributed by atoms with Gasteiger partial charge in [-0.3, -0.25) is 0 Å². The van der Waals surface area contributed by atoms with Crippen molar-refractivity contribution < 1.29 is 0 Å². The Morgan fingerprint density at radius 3 is 2.31 bits per heavy atom. The fourth-order valence-corrected chi connectivity index (χ4v) is 1.96. The second kappa shape index (κ2) is 4.90. The highest BCUT2D eigenvalue weighted by atomic mass is 35.5. The molecular weight excluding hydrogens is 239 g/mol. The molecule has 0 spiro atoms. The van der Waals surface area contributed by atoms with Gasteiger partial charge in [0.15, 0.2) is 0 Å². The van der Waals surface area contributed by atoms with Gasteiger partial charge in [0.1, 0.15) is 0 Å². The SMILES string of the molecule is CCc1[c]c(Cl)cc(-c2ccc(Cl)cc2)c1. The predicted octanol–water partition coefficient (Wildman–Crippen LogP) is 5.02. The normalized spacial score (nSPS) is 10.4. The highest BCUT2D eigenvalue weighted by Crippen LogP contribution is 2.25. The van der Waals surface area contributed by atoms with E-state index in [1.54, 1.807) is 0 Å². The Balaban J connectivity index is 2.47. The molecule has 0 fully saturated rings. The van der Waals surface area contributed by atoms with Crippen LogP contribution >= 0.6 is 23.2 Å². The van der Waals surface area contributed by atoms with Crippen LogP contribution in [0.1, 0.15) is 12.5 Å². The van der Waals surface area contributed by atoms with E-state index in [0.29, 0.717) is 5.02 Å². The van der Waals surface area contributed by atoms with Crippen molar-refractivity contribution in [3.8, 4) is 11.1 Å². The lowest BCUT2D eigenvalue weighted by molar-refractivity contribution is 1.14. The molecule has 0 aliphatic carbocycles. The summed E-state index contributed by atoms with van der Waals surface area (Å²) in [4.78, 5) is 0. The van der Waals surface area contributed by atoms with Crippen LogP contribution in [0.15, 0.2) is 36.4 Å². The van der Waals surface area contributed by atoms with Gasteiger partial charge in [0.05, 0.1) is 0 Å². The topological polar surface area (TPSA) is 0 Å². The highest BCUT2D eigenvalue weighted by Gasteiger charge is 2.02. The molecule has 0 atom stereocenters. The van der Waals surface area contributed by atoms with Crippen molar-refractivity contribution in [2.24, 2.45) is 0 Å². The van der Waals surface area contributed by atoms with E-state index in [0.717, 1.165) is 28.1 Å². The van der Waals surface area contributed by atoms with Crippen LogP contribution in [0.4, 0.5) is 0 Å². The van der Waals surface area contributed by atoms with Crippen molar-refractivity contribution in [3.63, 3.8) is 0 Å². The molecule has 81 valence electrons. The molecule has 0 heterocycles. The van der Waals surface area contributed by atoms with E-state index in [-0.39, 0.29) is 0 Å². The Bertz CT molecular complexity index is 487. The minimum absolute atomic E-state index is 0.657. The third-order valence-electron chi connectivity index (χ3n) is 2.45. The third kappa shape index (κ3) is 2.58. The van der Waals surface area contributed by atoms with E-state index in [1.807, 2.05) is 30.3 Å². The second-order valence-electron chi connectivity index (χ2n) is 3.60. The number of halogens is 2. The largest absolute Gasteiger partial charge is 0.0843 e. The lowest BCUT2D eigenvalue weighted by Gasteiger charge is -2.05. The number of aryl methyl sites for hydroxylation is 1. The lowest BCUT2D eigenvalue weighted by atomic mass is 10.0. The van der Waals surface area contributed by atoms with E-state index in [4.69, 9.17) is 23.2 Å². The van der Waals surface area contributed by atoms with Crippen LogP contribution in [0.3, 0.4) is 0 Å². The highest BCUT2D eigenvalue weighted by molar-refractivity contribution is 6.31. The van der Waals surface area contributed by atoms with Gasteiger partial charge < -0.3 is 0 Å². The van der Waals surface area contributed by atoms with Crippen LogP contribution in [-0.4, -0.2) is 0 Å². The predicted molar refractivity (Wildman–Crippen MR) is 70.1 cm³/mol. The fraction of sp³-hybridized carbons (Fsp3) is 0.143. The Hall–Kier alpha value is -0.980. The standard InChI is InChI=1S/C14H11Cl2/c1-2-10-7-12(9-14(16)8-10)11-3-5-13(15)6-4-11/h3-7,9H,2H2,1H3. The Labute approximate surface area is 106 Å². The molecule has 0 N–H and O–H groups in total. The first-order valence-corrected chi connectivity index (χ1v) is 5.92. The summed E-state index contributed by atoms with van der Waals surface area (Å²) in [5.74, 6) is 0. The van der Waals surface area contributed by atoms with Gasteiger partial charge >= 0.3 is 0 Å². The van der Waals surface area contributed by atoms with E-state index in [1.165, 1.54) is 0 Å². The first-order chi connectivity index (χ1) is 7.69. The monoisotopic (exact) mass is 249 g/mol. The molecule has 0 saturated carbocycles. The van der Waals surface area contributed by atoms with Crippen molar-refractivity contribution in [1.82, 2.24) is 0 Å². The molecule has 0 aliphatic rings. The summed E-state index contributed by atoms with van der Waals surface area (Å²) in [5.41, 5.74) is 3.35. The average molecular weight is 250 g/mol. The molecule has 2 heteroatoms. The molecule has 0 nitrogen and oxygen atoms in total. The zero-order chi connectivity index (χ0) is 11.5. The molecule has 0 aromatic heterocycles. The molecule has 1 radical (unpaired) electrons. The Morgan fingerprint density at radius 1 is 1.00 bits per heavy atom. The van der Waals surface area contributed by atoms with Crippen molar-refractivity contribution in [1.29, 1.82) is 0 Å². The maximum atomic E-state index is 6.03. The van der Waals surface area contributed by atoms with E-state index in [9.17, 15) is 0 Å². The molecule has 0 aliphatic heterocycles. The number of hydrogen-bond acceptors (Lipinski definition) is 0. The molecule has 0 amide bonds. The zero-order valence-electron chi connectivity index (χ0n) is 8.93. The minimum atomic E-state index is 0.657. The summed E-state index contributed by atoms with van der Waals surface area (Å²) in [6.45, 7) is 2.09. The number of benzene rings is 2. The van der Waals surface area contributed by atoms with Gasteiger partial charge in [-0.15, -0.1) is 0 Å². The van der Waals surface area contributed by atoms with Gasteiger partial charge in [-0.05, 0) is 41.3 Å². The van der Waals surface area contributed by atoms with Crippen molar-refractivity contribution >= 4 is 23.2 Å². The first kappa shape index (κ1) is 11.5. The average Bonchev–Trinajstić information content (AvgIpc) is 2.29. The van der Waals surface area contributed by atoms with Crippen LogP contribution in [-0.2, 0) is 6.42 Å². The van der Waals surface area contributed by atoms with Crippen LogP contribution in [0.5, 0.6) is 0 Å². The summed E-state index contributed by atoms with van der Waals surface area (Å²) in [7, 11) is 0. The number of rotatable bonds is 2. The molecule has 2 aromatic rings. The number of hydrogen-bond donors (Lipinski definition) is 0. The molecular formula is C14H11Cl2. The summed E-state index contributed by atoms with van der Waals surface area (Å²) in [6.07, 6.45) is 0.932. The first-order valence-electron chi connectivity index (χ1n) is 5.16. The molecule has 0 saturated heterocycles. The smallest absolute Gasteiger partial charge is 0.0493 e. The van der Waals surface area contributed by atoms with Crippen molar-refractivity contribution in [3.05, 3.63) is 58.1 Å². The minimum Gasteiger partial charge on any atom is -0.0843 e. The maximum absolute atomic E-state index is 6.03. The van der Waals surface area contributed by atoms with E-state index in [2.05, 4.69) is 19.1 Å². The fourth-order valence-electron chi connectivity index (χ4n) is 1.59. The molecule has 0 bridgehead atoms. The van der Waals surface area contributed by atoms with Crippen LogP contribution in [0.2, 0.25) is 10.0 Å². The van der Waals surface area contributed by atoms with Crippen LogP contribution < -0.4 is 0 Å². The zero-order valence-corrected chi connectivity index (χ0v) is 10.4. The summed E-state index contributed by atoms with van der Waals surface area (Å²) in [5, 5.41) is 1.40. The second-order valence-corrected chi connectivity index (χ2v) is 4.45. The van der Waals surface area contributed by atoms with Crippen molar-refractivity contribution in [2.75, 3.05) is 0 Å². The quantitative estimate of drug-likeness (QED) is 0.701. The van der Waals surface area contributed by atoms with Gasteiger partial charge in [0.25, 0.3) is 0 Å². The van der Waals surface area contributed by atoms with Gasteiger partial charge in [-0.2, -0.15) is 0 Å². The summed E-state index contributed by atoms with van der Waals surface area (Å²) in [6, 6.07) is 14.9. The molecule has 2 rings (SSSR count). The lowest BCUT2D eigenvalue weighted by Crippen LogP contribution is -1.84. The van der Waals surface area contributed by atoms with Gasteiger partial charge in [0, 0.05) is 16.1 Å². The van der Waals surface area contributed by atoms with E-state index < -0.39 is 0 Å². The van der Waals surface area contributed by atoms with Gasteiger partial charge in [-0.1, -0.05) is 48.3 Å². The third-order valence-corrected chi connectivity index (χ3v) is 2.91. The van der Waals surface area contributed by atoms with Gasteiger partial charge in [0.2, 0.25) is 0 Å². The van der Waals surface area contributed by atoms with Crippen molar-refractivity contribution in [2.45, 2.75) is 13.3 Å². The molecule has 2 aromatic carbocycles. The Kier molecular flexibility index (Phi) is 3.52. The summed E-state index contributed by atoms with van der Waals surface area (Å²) < 4.78 is 0. The van der Waals surface area contributed by atoms with Gasteiger partial charge in [-0.25, -0.2) is 0 Å². The Morgan fingerprint density at radius 2 is 1.69 bits per heavy atom. The summed E-state index contributed by atoms with van der Waals surface area (Å²) >= 11 is 11.9. The molecule has 16 heavy (non-hydrogen) atoms. The van der Waals surface area contributed by atoms with E-state index >= 15 is 0 Å². The van der Waals surface area contributed by atoms with Crippen LogP contribution in [0, 0.1) is 6.07 Å². The maximum Gasteiger partial charge on any atom is 0.0493 e.